The van der Waals surface area contributed by atoms with Crippen LogP contribution in [0.15, 0.2) is 64.1 Å². The number of nitrogens with one attached hydrogen (secondary N) is 1. The second kappa shape index (κ2) is 9.21. The van der Waals surface area contributed by atoms with Gasteiger partial charge in [-0.15, -0.1) is 0 Å². The van der Waals surface area contributed by atoms with Gasteiger partial charge in [-0.05, 0) is 74.5 Å². The summed E-state index contributed by atoms with van der Waals surface area (Å²) in [6, 6.07) is 17.8. The van der Waals surface area contributed by atoms with Gasteiger partial charge in [-0.2, -0.15) is 4.37 Å². The van der Waals surface area contributed by atoms with Crippen molar-refractivity contribution in [3.8, 4) is 22.6 Å². The molecule has 3 aromatic carbocycles. The summed E-state index contributed by atoms with van der Waals surface area (Å²) in [5, 5.41) is 13.1. The predicted molar refractivity (Wildman–Crippen MR) is 134 cm³/mol. The molecule has 1 aromatic heterocycles. The van der Waals surface area contributed by atoms with E-state index >= 15 is 0 Å². The van der Waals surface area contributed by atoms with Crippen LogP contribution in [-0.4, -0.2) is 41.4 Å². The SMILES string of the molecule is O=C(O)CN=Cc1ccc2c(Nc3cccc(-c4ccc5c(c4)OCCO5)c3Br)nsc2c1. The third-order valence-corrected chi connectivity index (χ3v) is 6.73. The lowest BCUT2D eigenvalue weighted by molar-refractivity contribution is -0.135. The van der Waals surface area contributed by atoms with Crippen LogP contribution in [-0.2, 0) is 4.79 Å². The highest BCUT2D eigenvalue weighted by Gasteiger charge is 2.16. The number of hydrogen-bond acceptors (Lipinski definition) is 7. The molecule has 0 fully saturated rings. The van der Waals surface area contributed by atoms with Crippen molar-refractivity contribution in [3.05, 3.63) is 64.6 Å². The molecule has 4 aromatic rings. The second-order valence-corrected chi connectivity index (χ2v) is 8.90. The minimum atomic E-state index is -0.958. The van der Waals surface area contributed by atoms with Gasteiger partial charge in [0.15, 0.2) is 17.3 Å². The molecule has 0 saturated heterocycles. The number of carboxylic acid groups (broad SMARTS) is 1. The lowest BCUT2D eigenvalue weighted by atomic mass is 10.0. The highest BCUT2D eigenvalue weighted by atomic mass is 79.9. The molecule has 0 bridgehead atoms. The van der Waals surface area contributed by atoms with Gasteiger partial charge in [-0.1, -0.05) is 24.3 Å². The van der Waals surface area contributed by atoms with Crippen LogP contribution in [0, 0.1) is 0 Å². The number of nitrogens with zero attached hydrogens (tertiary/aromatic N) is 2. The zero-order valence-corrected chi connectivity index (χ0v) is 19.6. The summed E-state index contributed by atoms with van der Waals surface area (Å²) >= 11 is 5.12. The fraction of sp³-hybridized carbons (Fsp3) is 0.125. The van der Waals surface area contributed by atoms with Crippen LogP contribution in [0.4, 0.5) is 11.5 Å². The average molecular weight is 524 g/mol. The van der Waals surface area contributed by atoms with Crippen LogP contribution in [0.2, 0.25) is 0 Å². The molecule has 5 rings (SSSR count). The first-order valence-electron chi connectivity index (χ1n) is 10.1. The van der Waals surface area contributed by atoms with Gasteiger partial charge in [0.25, 0.3) is 0 Å². The molecule has 1 aliphatic heterocycles. The third-order valence-electron chi connectivity index (χ3n) is 5.07. The summed E-state index contributed by atoms with van der Waals surface area (Å²) in [7, 11) is 0. The van der Waals surface area contributed by atoms with E-state index in [4.69, 9.17) is 14.6 Å². The van der Waals surface area contributed by atoms with Gasteiger partial charge in [0.2, 0.25) is 0 Å². The topological polar surface area (TPSA) is 93.0 Å². The average Bonchev–Trinajstić information content (AvgIpc) is 3.22. The van der Waals surface area contributed by atoms with Crippen molar-refractivity contribution in [2.75, 3.05) is 25.1 Å². The van der Waals surface area contributed by atoms with Crippen LogP contribution in [0.1, 0.15) is 5.56 Å². The molecular weight excluding hydrogens is 506 g/mol. The number of aliphatic imine (C=N–C) groups is 1. The van der Waals surface area contributed by atoms with E-state index in [-0.39, 0.29) is 6.54 Å². The van der Waals surface area contributed by atoms with E-state index < -0.39 is 5.97 Å². The summed E-state index contributed by atoms with van der Waals surface area (Å²) in [6.07, 6.45) is 1.56. The molecule has 0 atom stereocenters. The predicted octanol–water partition coefficient (Wildman–Crippen LogP) is 5.74. The second-order valence-electron chi connectivity index (χ2n) is 7.30. The fourth-order valence-corrected chi connectivity index (χ4v) is 4.92. The van der Waals surface area contributed by atoms with Crippen LogP contribution >= 0.6 is 27.5 Å². The number of carboxylic acids is 1. The van der Waals surface area contributed by atoms with E-state index in [0.29, 0.717) is 13.2 Å². The first-order valence-corrected chi connectivity index (χ1v) is 11.7. The molecule has 0 radical (unpaired) electrons. The summed E-state index contributed by atoms with van der Waals surface area (Å²) in [6.45, 7) is 0.859. The van der Waals surface area contributed by atoms with Crippen molar-refractivity contribution >= 4 is 61.2 Å². The molecule has 9 heteroatoms. The fourth-order valence-electron chi connectivity index (χ4n) is 3.54. The van der Waals surface area contributed by atoms with Gasteiger partial charge in [-0.25, -0.2) is 0 Å². The number of anilines is 2. The van der Waals surface area contributed by atoms with Crippen LogP contribution in [0.3, 0.4) is 0 Å². The van der Waals surface area contributed by atoms with Crippen LogP contribution in [0.25, 0.3) is 21.2 Å². The number of hydrogen-bond donors (Lipinski definition) is 2. The molecule has 166 valence electrons. The molecule has 0 spiro atoms. The lowest BCUT2D eigenvalue weighted by Crippen LogP contribution is -2.15. The Morgan fingerprint density at radius 3 is 2.85 bits per heavy atom. The minimum absolute atomic E-state index is 0.249. The Balaban J connectivity index is 1.42. The zero-order valence-electron chi connectivity index (χ0n) is 17.2. The first-order chi connectivity index (χ1) is 16.1. The molecule has 0 unspecified atom stereocenters. The molecule has 1 aliphatic rings. The molecule has 7 nitrogen and oxygen atoms in total. The molecular formula is C24H18BrN3O4S. The number of halogens is 1. The van der Waals surface area contributed by atoms with Gasteiger partial charge < -0.3 is 19.9 Å². The van der Waals surface area contributed by atoms with Crippen molar-refractivity contribution < 1.29 is 19.4 Å². The highest BCUT2D eigenvalue weighted by Crippen LogP contribution is 2.40. The van der Waals surface area contributed by atoms with Crippen molar-refractivity contribution in [1.29, 1.82) is 0 Å². The van der Waals surface area contributed by atoms with E-state index in [1.807, 2.05) is 54.6 Å². The quantitative estimate of drug-likeness (QED) is 0.313. The number of fused-ring (bicyclic) bond motifs is 2. The van der Waals surface area contributed by atoms with Crippen LogP contribution in [0.5, 0.6) is 11.5 Å². The van der Waals surface area contributed by atoms with Crippen molar-refractivity contribution in [2.24, 2.45) is 4.99 Å². The van der Waals surface area contributed by atoms with Gasteiger partial charge in [0, 0.05) is 16.1 Å². The summed E-state index contributed by atoms with van der Waals surface area (Å²) in [5.74, 6) is 1.30. The molecule has 2 N–H and O–H groups in total. The van der Waals surface area contributed by atoms with Gasteiger partial charge >= 0.3 is 5.97 Å². The Morgan fingerprint density at radius 2 is 2.00 bits per heavy atom. The zero-order chi connectivity index (χ0) is 22.8. The largest absolute Gasteiger partial charge is 0.486 e. The maximum absolute atomic E-state index is 10.6. The Hall–Kier alpha value is -3.43. The molecule has 0 saturated carbocycles. The van der Waals surface area contributed by atoms with Crippen molar-refractivity contribution in [2.45, 2.75) is 0 Å². The van der Waals surface area contributed by atoms with E-state index in [9.17, 15) is 4.79 Å². The normalized spacial score (nSPS) is 12.9. The molecule has 0 amide bonds. The Labute approximate surface area is 202 Å². The van der Waals surface area contributed by atoms with Crippen LogP contribution < -0.4 is 14.8 Å². The maximum Gasteiger partial charge on any atom is 0.325 e. The number of benzene rings is 3. The Morgan fingerprint density at radius 1 is 1.15 bits per heavy atom. The summed E-state index contributed by atoms with van der Waals surface area (Å²) in [4.78, 5) is 14.6. The maximum atomic E-state index is 10.6. The van der Waals surface area contributed by atoms with E-state index in [0.717, 1.165) is 54.3 Å². The number of aliphatic carboxylic acids is 1. The standard InChI is InChI=1S/C24H18BrN3O4S/c25-23-16(15-5-7-19-20(11-15)32-9-8-31-19)2-1-3-18(23)27-24-17-6-4-14(10-21(17)33-28-24)12-26-13-22(29)30/h1-7,10-12H,8-9,13H2,(H,27,28)(H,29,30). The van der Waals surface area contributed by atoms with Gasteiger partial charge in [0.05, 0.1) is 10.4 Å². The highest BCUT2D eigenvalue weighted by molar-refractivity contribution is 9.10. The van der Waals surface area contributed by atoms with E-state index in [1.54, 1.807) is 6.21 Å². The monoisotopic (exact) mass is 523 g/mol. The Bertz CT molecular complexity index is 1390. The van der Waals surface area contributed by atoms with Gasteiger partial charge in [-0.3, -0.25) is 9.79 Å². The number of ether oxygens (including phenoxy) is 2. The first kappa shape index (κ1) is 21.4. The molecule has 33 heavy (non-hydrogen) atoms. The third kappa shape index (κ3) is 4.55. The summed E-state index contributed by atoms with van der Waals surface area (Å²) < 4.78 is 17.8. The number of carbonyl (C=O) groups is 1. The van der Waals surface area contributed by atoms with Crippen molar-refractivity contribution in [3.63, 3.8) is 0 Å². The molecule has 0 aliphatic carbocycles. The lowest BCUT2D eigenvalue weighted by Gasteiger charge is -2.19. The van der Waals surface area contributed by atoms with Gasteiger partial charge in [0.1, 0.15) is 19.8 Å². The molecule has 2 heterocycles. The minimum Gasteiger partial charge on any atom is -0.486 e. The smallest absolute Gasteiger partial charge is 0.325 e. The Kier molecular flexibility index (Phi) is 5.97. The van der Waals surface area contributed by atoms with E-state index in [1.165, 1.54) is 11.5 Å². The van der Waals surface area contributed by atoms with Crippen molar-refractivity contribution in [1.82, 2.24) is 4.37 Å². The van der Waals surface area contributed by atoms with E-state index in [2.05, 4.69) is 30.6 Å². The number of rotatable bonds is 6. The summed E-state index contributed by atoms with van der Waals surface area (Å²) in [5.41, 5.74) is 3.76. The number of aromatic nitrogens is 1.